The number of Topliss-reactive ketones (excluding diaryl/α,β-unsaturated/α-hetero) is 1. The van der Waals surface area contributed by atoms with Crippen LogP contribution in [0.5, 0.6) is 0 Å². The van der Waals surface area contributed by atoms with Gasteiger partial charge in [0.25, 0.3) is 0 Å². The van der Waals surface area contributed by atoms with E-state index in [0.29, 0.717) is 13.0 Å². The molecular weight excluding hydrogens is 304 g/mol. The third kappa shape index (κ3) is 3.77. The number of ketones is 1. The summed E-state index contributed by atoms with van der Waals surface area (Å²) in [5, 5.41) is 3.03. The molecular formula is C15H18N2O2S2. The van der Waals surface area contributed by atoms with Gasteiger partial charge in [-0.2, -0.15) is 0 Å². The molecule has 1 aliphatic rings. The summed E-state index contributed by atoms with van der Waals surface area (Å²) in [4.78, 5) is 21.0. The molecule has 0 amide bonds. The van der Waals surface area contributed by atoms with Crippen LogP contribution < -0.4 is 0 Å². The van der Waals surface area contributed by atoms with Crippen LogP contribution in [0.25, 0.3) is 0 Å². The van der Waals surface area contributed by atoms with E-state index in [9.17, 15) is 4.79 Å². The molecule has 3 rings (SSSR count). The second-order valence-corrected chi connectivity index (χ2v) is 7.42. The number of hydrogen-bond acceptors (Lipinski definition) is 6. The van der Waals surface area contributed by atoms with Gasteiger partial charge in [0.1, 0.15) is 0 Å². The van der Waals surface area contributed by atoms with Crippen molar-refractivity contribution >= 4 is 28.5 Å². The number of thiazole rings is 1. The Morgan fingerprint density at radius 1 is 1.57 bits per heavy atom. The van der Waals surface area contributed by atoms with Gasteiger partial charge in [0, 0.05) is 36.6 Å². The number of aryl methyl sites for hydroxylation is 1. The Balaban J connectivity index is 1.65. The number of nitrogens with zero attached hydrogens (tertiary/aromatic N) is 2. The Morgan fingerprint density at radius 2 is 2.48 bits per heavy atom. The molecule has 112 valence electrons. The molecule has 1 fully saturated rings. The van der Waals surface area contributed by atoms with Crippen molar-refractivity contribution in [3.8, 4) is 0 Å². The molecule has 1 saturated heterocycles. The molecule has 0 radical (unpaired) electrons. The zero-order valence-electron chi connectivity index (χ0n) is 11.9. The minimum Gasteiger partial charge on any atom is -0.378 e. The zero-order chi connectivity index (χ0) is 14.7. The lowest BCUT2D eigenvalue weighted by Crippen LogP contribution is -2.45. The molecule has 0 bridgehead atoms. The van der Waals surface area contributed by atoms with Gasteiger partial charge in [-0.15, -0.1) is 22.7 Å². The fraction of sp³-hybridized carbons (Fsp3) is 0.467. The number of aromatic nitrogens is 1. The summed E-state index contributed by atoms with van der Waals surface area (Å²) in [6.45, 7) is 5.12. The highest BCUT2D eigenvalue weighted by molar-refractivity contribution is 7.12. The number of thiophene rings is 1. The van der Waals surface area contributed by atoms with Crippen molar-refractivity contribution in [2.45, 2.75) is 25.9 Å². The highest BCUT2D eigenvalue weighted by atomic mass is 32.1. The minimum atomic E-state index is 0.163. The maximum Gasteiger partial charge on any atom is 0.174 e. The van der Waals surface area contributed by atoms with E-state index >= 15 is 0 Å². The van der Waals surface area contributed by atoms with Crippen LogP contribution >= 0.6 is 22.7 Å². The maximum absolute atomic E-state index is 12.3. The van der Waals surface area contributed by atoms with Crippen molar-refractivity contribution in [2.24, 2.45) is 0 Å². The molecule has 2 aromatic rings. The first kappa shape index (κ1) is 14.8. The second-order valence-electron chi connectivity index (χ2n) is 5.15. The van der Waals surface area contributed by atoms with E-state index in [-0.39, 0.29) is 11.8 Å². The first-order valence-electron chi connectivity index (χ1n) is 7.02. The first-order chi connectivity index (χ1) is 10.2. The Kier molecular flexibility index (Phi) is 4.80. The third-order valence-corrected chi connectivity index (χ3v) is 5.40. The number of carbonyl (C=O) groups is 1. The lowest BCUT2D eigenvalue weighted by Gasteiger charge is -2.34. The number of hydrogen-bond donors (Lipinski definition) is 0. The van der Waals surface area contributed by atoms with E-state index in [0.717, 1.165) is 29.6 Å². The van der Waals surface area contributed by atoms with Crippen LogP contribution in [-0.2, 0) is 11.3 Å². The van der Waals surface area contributed by atoms with Gasteiger partial charge in [-0.25, -0.2) is 4.98 Å². The zero-order valence-corrected chi connectivity index (χ0v) is 13.6. The van der Waals surface area contributed by atoms with Crippen LogP contribution in [0.15, 0.2) is 23.7 Å². The predicted molar refractivity (Wildman–Crippen MR) is 85.1 cm³/mol. The van der Waals surface area contributed by atoms with Crippen LogP contribution in [0.4, 0.5) is 0 Å². The fourth-order valence-corrected chi connectivity index (χ4v) is 4.01. The molecule has 0 spiro atoms. The van der Waals surface area contributed by atoms with E-state index in [4.69, 9.17) is 4.74 Å². The summed E-state index contributed by atoms with van der Waals surface area (Å²) in [6, 6.07) is 3.98. The number of carbonyl (C=O) groups excluding carboxylic acids is 1. The van der Waals surface area contributed by atoms with Crippen LogP contribution in [0.2, 0.25) is 0 Å². The van der Waals surface area contributed by atoms with Crippen molar-refractivity contribution in [1.29, 1.82) is 0 Å². The van der Waals surface area contributed by atoms with Crippen molar-refractivity contribution in [3.63, 3.8) is 0 Å². The van der Waals surface area contributed by atoms with Gasteiger partial charge < -0.3 is 4.74 Å². The van der Waals surface area contributed by atoms with E-state index in [1.165, 1.54) is 16.2 Å². The van der Waals surface area contributed by atoms with Gasteiger partial charge in [-0.3, -0.25) is 9.69 Å². The molecule has 1 aliphatic heterocycles. The van der Waals surface area contributed by atoms with Gasteiger partial charge in [-0.1, -0.05) is 6.07 Å². The minimum absolute atomic E-state index is 0.163. The van der Waals surface area contributed by atoms with Crippen molar-refractivity contribution in [1.82, 2.24) is 9.88 Å². The standard InChI is InChI=1S/C15H18N2O2S2/c1-11-16-8-13(21-11)9-17-4-5-19-10-12(17)7-14(18)15-3-2-6-20-15/h2-3,6,8,12H,4-5,7,9-10H2,1H3. The normalized spacial score (nSPS) is 19.8. The lowest BCUT2D eigenvalue weighted by atomic mass is 10.1. The molecule has 0 saturated carbocycles. The summed E-state index contributed by atoms with van der Waals surface area (Å²) in [7, 11) is 0. The Bertz CT molecular complexity index is 595. The largest absolute Gasteiger partial charge is 0.378 e. The molecule has 0 aliphatic carbocycles. The third-order valence-electron chi connectivity index (χ3n) is 3.59. The van der Waals surface area contributed by atoms with E-state index in [1.807, 2.05) is 30.6 Å². The number of rotatable bonds is 5. The fourth-order valence-electron chi connectivity index (χ4n) is 2.52. The van der Waals surface area contributed by atoms with Crippen molar-refractivity contribution in [3.05, 3.63) is 38.5 Å². The second kappa shape index (κ2) is 6.79. The highest BCUT2D eigenvalue weighted by Gasteiger charge is 2.26. The van der Waals surface area contributed by atoms with Gasteiger partial charge in [0.05, 0.1) is 23.1 Å². The molecule has 1 atom stereocenters. The Labute approximate surface area is 132 Å². The van der Waals surface area contributed by atoms with Crippen LogP contribution in [0.3, 0.4) is 0 Å². The van der Waals surface area contributed by atoms with E-state index in [1.54, 1.807) is 11.3 Å². The predicted octanol–water partition coefficient (Wildman–Crippen LogP) is 2.99. The maximum atomic E-state index is 12.3. The van der Waals surface area contributed by atoms with Crippen LogP contribution in [-0.4, -0.2) is 41.5 Å². The van der Waals surface area contributed by atoms with Gasteiger partial charge >= 0.3 is 0 Å². The van der Waals surface area contributed by atoms with Crippen LogP contribution in [0, 0.1) is 6.92 Å². The average Bonchev–Trinajstić information content (AvgIpc) is 3.13. The van der Waals surface area contributed by atoms with Crippen molar-refractivity contribution < 1.29 is 9.53 Å². The topological polar surface area (TPSA) is 42.4 Å². The molecule has 0 N–H and O–H groups in total. The molecule has 21 heavy (non-hydrogen) atoms. The number of morpholine rings is 1. The van der Waals surface area contributed by atoms with Gasteiger partial charge in [0.15, 0.2) is 5.78 Å². The molecule has 6 heteroatoms. The summed E-state index contributed by atoms with van der Waals surface area (Å²) < 4.78 is 5.57. The summed E-state index contributed by atoms with van der Waals surface area (Å²) in [5.41, 5.74) is 0. The Morgan fingerprint density at radius 3 is 3.19 bits per heavy atom. The van der Waals surface area contributed by atoms with E-state index in [2.05, 4.69) is 9.88 Å². The van der Waals surface area contributed by atoms with Gasteiger partial charge in [-0.05, 0) is 18.4 Å². The summed E-state index contributed by atoms with van der Waals surface area (Å²) in [6.07, 6.45) is 2.46. The molecule has 4 nitrogen and oxygen atoms in total. The van der Waals surface area contributed by atoms with Gasteiger partial charge in [0.2, 0.25) is 0 Å². The van der Waals surface area contributed by atoms with E-state index < -0.39 is 0 Å². The molecule has 1 unspecified atom stereocenters. The average molecular weight is 322 g/mol. The molecule has 3 heterocycles. The monoisotopic (exact) mass is 322 g/mol. The summed E-state index contributed by atoms with van der Waals surface area (Å²) >= 11 is 3.23. The summed E-state index contributed by atoms with van der Waals surface area (Å²) in [5.74, 6) is 0.214. The smallest absolute Gasteiger partial charge is 0.174 e. The lowest BCUT2D eigenvalue weighted by molar-refractivity contribution is -0.0121. The van der Waals surface area contributed by atoms with Crippen molar-refractivity contribution in [2.75, 3.05) is 19.8 Å². The Hall–Kier alpha value is -1.08. The number of ether oxygens (including phenoxy) is 1. The molecule has 0 aromatic carbocycles. The highest BCUT2D eigenvalue weighted by Crippen LogP contribution is 2.21. The first-order valence-corrected chi connectivity index (χ1v) is 8.72. The van der Waals surface area contributed by atoms with Crippen LogP contribution in [0.1, 0.15) is 26.0 Å². The SMILES string of the molecule is Cc1ncc(CN2CCOCC2CC(=O)c2cccs2)s1. The quantitative estimate of drug-likeness (QED) is 0.794. The molecule has 2 aromatic heterocycles.